The largest absolute Gasteiger partial charge is 0.322 e. The molecule has 0 aliphatic rings. The summed E-state index contributed by atoms with van der Waals surface area (Å²) >= 11 is 0. The number of carbonyl (C=O) groups is 1. The number of anilines is 1. The Morgan fingerprint density at radius 1 is 1.62 bits per heavy atom. The van der Waals surface area contributed by atoms with Gasteiger partial charge in [0.15, 0.2) is 0 Å². The van der Waals surface area contributed by atoms with E-state index in [1.807, 2.05) is 0 Å². The Hall–Kier alpha value is -1.64. The molecule has 0 fully saturated rings. The molecule has 0 aromatic heterocycles. The summed E-state index contributed by atoms with van der Waals surface area (Å²) in [5.74, 6) is -0.710. The van der Waals surface area contributed by atoms with Gasteiger partial charge >= 0.3 is 0 Å². The molecule has 0 atom stereocenters. The topological polar surface area (TPSA) is 29.1 Å². The Kier molecular flexibility index (Phi) is 2.80. The Morgan fingerprint density at radius 3 is 2.92 bits per heavy atom. The molecule has 0 bridgehead atoms. The SMILES string of the molecule is C=CC(=O)Nc1cc(F)ccc1C. The minimum Gasteiger partial charge on any atom is -0.322 e. The molecule has 0 radical (unpaired) electrons. The normalized spacial score (nSPS) is 9.38. The third-order valence-electron chi connectivity index (χ3n) is 1.64. The van der Waals surface area contributed by atoms with Crippen molar-refractivity contribution in [3.05, 3.63) is 42.2 Å². The van der Waals surface area contributed by atoms with Crippen molar-refractivity contribution >= 4 is 11.6 Å². The van der Waals surface area contributed by atoms with Gasteiger partial charge in [-0.05, 0) is 30.7 Å². The smallest absolute Gasteiger partial charge is 0.247 e. The first kappa shape index (κ1) is 9.45. The highest BCUT2D eigenvalue weighted by Gasteiger charge is 2.01. The third-order valence-corrected chi connectivity index (χ3v) is 1.64. The number of rotatable bonds is 2. The lowest BCUT2D eigenvalue weighted by atomic mass is 10.2. The van der Waals surface area contributed by atoms with E-state index in [1.54, 1.807) is 13.0 Å². The van der Waals surface area contributed by atoms with Crippen molar-refractivity contribution in [1.29, 1.82) is 0 Å². The summed E-state index contributed by atoms with van der Waals surface area (Å²) in [5, 5.41) is 2.50. The predicted octanol–water partition coefficient (Wildman–Crippen LogP) is 2.26. The monoisotopic (exact) mass is 179 g/mol. The van der Waals surface area contributed by atoms with E-state index in [0.29, 0.717) is 5.69 Å². The second-order valence-electron chi connectivity index (χ2n) is 2.65. The van der Waals surface area contributed by atoms with Crippen LogP contribution in [0.15, 0.2) is 30.9 Å². The van der Waals surface area contributed by atoms with Gasteiger partial charge in [-0.3, -0.25) is 4.79 Å². The summed E-state index contributed by atoms with van der Waals surface area (Å²) in [6, 6.07) is 4.23. The number of halogens is 1. The van der Waals surface area contributed by atoms with E-state index in [4.69, 9.17) is 0 Å². The summed E-state index contributed by atoms with van der Waals surface area (Å²) in [6.07, 6.45) is 1.14. The zero-order valence-electron chi connectivity index (χ0n) is 7.30. The number of nitrogens with one attached hydrogen (secondary N) is 1. The van der Waals surface area contributed by atoms with Crippen molar-refractivity contribution < 1.29 is 9.18 Å². The van der Waals surface area contributed by atoms with Crippen LogP contribution in [-0.2, 0) is 4.79 Å². The van der Waals surface area contributed by atoms with E-state index in [2.05, 4.69) is 11.9 Å². The second kappa shape index (κ2) is 3.85. The van der Waals surface area contributed by atoms with Crippen LogP contribution in [0.25, 0.3) is 0 Å². The average molecular weight is 179 g/mol. The minimum atomic E-state index is -0.370. The third kappa shape index (κ3) is 2.40. The molecule has 1 aromatic carbocycles. The summed E-state index contributed by atoms with van der Waals surface area (Å²) < 4.78 is 12.7. The van der Waals surface area contributed by atoms with Gasteiger partial charge in [-0.2, -0.15) is 0 Å². The number of aryl methyl sites for hydroxylation is 1. The maximum absolute atomic E-state index is 12.7. The number of hydrogen-bond donors (Lipinski definition) is 1. The van der Waals surface area contributed by atoms with Crippen LogP contribution in [0.4, 0.5) is 10.1 Å². The van der Waals surface area contributed by atoms with Gasteiger partial charge in [0.2, 0.25) is 5.91 Å². The van der Waals surface area contributed by atoms with Gasteiger partial charge in [-0.25, -0.2) is 4.39 Å². The number of benzene rings is 1. The second-order valence-corrected chi connectivity index (χ2v) is 2.65. The molecular weight excluding hydrogens is 169 g/mol. The van der Waals surface area contributed by atoms with Gasteiger partial charge in [0.05, 0.1) is 0 Å². The molecule has 68 valence electrons. The van der Waals surface area contributed by atoms with Gasteiger partial charge in [0.1, 0.15) is 5.82 Å². The van der Waals surface area contributed by atoms with Crippen molar-refractivity contribution in [1.82, 2.24) is 0 Å². The van der Waals surface area contributed by atoms with Gasteiger partial charge < -0.3 is 5.32 Å². The van der Waals surface area contributed by atoms with Crippen molar-refractivity contribution in [2.24, 2.45) is 0 Å². The summed E-state index contributed by atoms with van der Waals surface area (Å²) in [6.45, 7) is 5.09. The zero-order chi connectivity index (χ0) is 9.84. The van der Waals surface area contributed by atoms with Crippen molar-refractivity contribution in [2.45, 2.75) is 6.92 Å². The molecule has 0 saturated heterocycles. The van der Waals surface area contributed by atoms with Crippen LogP contribution < -0.4 is 5.32 Å². The highest BCUT2D eigenvalue weighted by Crippen LogP contribution is 2.15. The molecule has 0 aliphatic carbocycles. The molecule has 0 spiro atoms. The first-order chi connectivity index (χ1) is 6.13. The summed E-state index contributed by atoms with van der Waals surface area (Å²) in [5.41, 5.74) is 1.29. The molecule has 0 saturated carbocycles. The maximum Gasteiger partial charge on any atom is 0.247 e. The van der Waals surface area contributed by atoms with Gasteiger partial charge in [-0.15, -0.1) is 0 Å². The van der Waals surface area contributed by atoms with E-state index in [1.165, 1.54) is 12.1 Å². The average Bonchev–Trinajstić information content (AvgIpc) is 2.11. The highest BCUT2D eigenvalue weighted by atomic mass is 19.1. The molecular formula is C10H10FNO. The molecule has 0 unspecified atom stereocenters. The number of carbonyl (C=O) groups excluding carboxylic acids is 1. The molecule has 1 aromatic rings. The van der Waals surface area contributed by atoms with Crippen LogP contribution in [0.1, 0.15) is 5.56 Å². The molecule has 13 heavy (non-hydrogen) atoms. The summed E-state index contributed by atoms with van der Waals surface area (Å²) in [7, 11) is 0. The van der Waals surface area contributed by atoms with Gasteiger partial charge in [0, 0.05) is 5.69 Å². The van der Waals surface area contributed by atoms with E-state index >= 15 is 0 Å². The Morgan fingerprint density at radius 2 is 2.31 bits per heavy atom. The molecule has 1 N–H and O–H groups in total. The fourth-order valence-corrected chi connectivity index (χ4v) is 0.913. The fraction of sp³-hybridized carbons (Fsp3) is 0.100. The lowest BCUT2D eigenvalue weighted by molar-refractivity contribution is -0.111. The van der Waals surface area contributed by atoms with Crippen molar-refractivity contribution in [2.75, 3.05) is 5.32 Å². The van der Waals surface area contributed by atoms with Gasteiger partial charge in [0.25, 0.3) is 0 Å². The van der Waals surface area contributed by atoms with Crippen LogP contribution in [0.5, 0.6) is 0 Å². The first-order valence-electron chi connectivity index (χ1n) is 3.83. The molecule has 0 heterocycles. The van der Waals surface area contributed by atoms with Crippen molar-refractivity contribution in [3.8, 4) is 0 Å². The Balaban J connectivity index is 2.93. The van der Waals surface area contributed by atoms with Crippen LogP contribution in [0, 0.1) is 12.7 Å². The van der Waals surface area contributed by atoms with Crippen molar-refractivity contribution in [3.63, 3.8) is 0 Å². The predicted molar refractivity (Wildman–Crippen MR) is 50.0 cm³/mol. The van der Waals surface area contributed by atoms with E-state index in [-0.39, 0.29) is 11.7 Å². The highest BCUT2D eigenvalue weighted by molar-refractivity contribution is 5.99. The van der Waals surface area contributed by atoms with Crippen LogP contribution in [0.2, 0.25) is 0 Å². The first-order valence-corrected chi connectivity index (χ1v) is 3.83. The number of amides is 1. The lowest BCUT2D eigenvalue weighted by Crippen LogP contribution is -2.08. The molecule has 1 rings (SSSR count). The lowest BCUT2D eigenvalue weighted by Gasteiger charge is -2.05. The Bertz CT molecular complexity index is 347. The van der Waals surface area contributed by atoms with Crippen LogP contribution in [-0.4, -0.2) is 5.91 Å². The van der Waals surface area contributed by atoms with E-state index in [9.17, 15) is 9.18 Å². The molecule has 2 nitrogen and oxygen atoms in total. The summed E-state index contributed by atoms with van der Waals surface area (Å²) in [4.78, 5) is 10.9. The Labute approximate surface area is 76.1 Å². The van der Waals surface area contributed by atoms with E-state index in [0.717, 1.165) is 11.6 Å². The quantitative estimate of drug-likeness (QED) is 0.693. The standard InChI is InChI=1S/C10H10FNO/c1-3-10(13)12-9-6-8(11)5-4-7(9)2/h3-6H,1H2,2H3,(H,12,13). The molecule has 1 amide bonds. The molecule has 3 heteroatoms. The zero-order valence-corrected chi connectivity index (χ0v) is 7.30. The maximum atomic E-state index is 12.7. The van der Waals surface area contributed by atoms with Gasteiger partial charge in [-0.1, -0.05) is 12.6 Å². The van der Waals surface area contributed by atoms with E-state index < -0.39 is 0 Å². The molecule has 0 aliphatic heterocycles. The fourth-order valence-electron chi connectivity index (χ4n) is 0.913. The van der Waals surface area contributed by atoms with Crippen LogP contribution in [0.3, 0.4) is 0 Å². The minimum absolute atomic E-state index is 0.339. The number of hydrogen-bond acceptors (Lipinski definition) is 1. The van der Waals surface area contributed by atoms with Crippen LogP contribution >= 0.6 is 0 Å².